The highest BCUT2D eigenvalue weighted by Gasteiger charge is 2.24. The Labute approximate surface area is 103 Å². The third-order valence-corrected chi connectivity index (χ3v) is 2.98. The third kappa shape index (κ3) is 5.02. The van der Waals surface area contributed by atoms with E-state index in [-0.39, 0.29) is 12.1 Å². The molecule has 0 aromatic rings. The van der Waals surface area contributed by atoms with Crippen molar-refractivity contribution in [3.8, 4) is 0 Å². The van der Waals surface area contributed by atoms with Crippen LogP contribution in [0, 0.1) is 0 Å². The van der Waals surface area contributed by atoms with E-state index in [0.29, 0.717) is 6.54 Å². The first-order valence-corrected chi connectivity index (χ1v) is 6.34. The molecule has 100 valence electrons. The molecular formula is C12H24N2O3. The molecule has 0 spiro atoms. The van der Waals surface area contributed by atoms with Crippen molar-refractivity contribution in [3.05, 3.63) is 0 Å². The number of ether oxygens (including phenoxy) is 2. The van der Waals surface area contributed by atoms with Gasteiger partial charge in [-0.05, 0) is 25.8 Å². The van der Waals surface area contributed by atoms with Crippen LogP contribution in [0.3, 0.4) is 0 Å². The molecule has 17 heavy (non-hydrogen) atoms. The van der Waals surface area contributed by atoms with E-state index in [1.54, 1.807) is 0 Å². The number of nitrogens with zero attached hydrogens (tertiary/aromatic N) is 1. The van der Waals surface area contributed by atoms with Crippen molar-refractivity contribution in [2.45, 2.75) is 38.3 Å². The highest BCUT2D eigenvalue weighted by molar-refractivity contribution is 5.75. The largest absolute Gasteiger partial charge is 0.468 e. The van der Waals surface area contributed by atoms with Crippen molar-refractivity contribution in [3.63, 3.8) is 0 Å². The lowest BCUT2D eigenvalue weighted by atomic mass is 10.1. The number of nitrogens with two attached hydrogens (primary N) is 1. The number of hydrogen-bond acceptors (Lipinski definition) is 5. The minimum absolute atomic E-state index is 0.286. The van der Waals surface area contributed by atoms with E-state index in [1.165, 1.54) is 7.11 Å². The van der Waals surface area contributed by atoms with Crippen molar-refractivity contribution < 1.29 is 14.3 Å². The van der Waals surface area contributed by atoms with E-state index < -0.39 is 6.04 Å². The summed E-state index contributed by atoms with van der Waals surface area (Å²) >= 11 is 0. The van der Waals surface area contributed by atoms with Gasteiger partial charge in [0, 0.05) is 19.7 Å². The van der Waals surface area contributed by atoms with Crippen LogP contribution in [0.4, 0.5) is 0 Å². The summed E-state index contributed by atoms with van der Waals surface area (Å²) in [7, 11) is 1.37. The molecule has 2 N–H and O–H groups in total. The van der Waals surface area contributed by atoms with Gasteiger partial charge in [-0.15, -0.1) is 0 Å². The number of carbonyl (C=O) groups is 1. The molecule has 0 amide bonds. The molecule has 0 aliphatic carbocycles. The highest BCUT2D eigenvalue weighted by atomic mass is 16.5. The number of likely N-dealkylation sites (tertiary alicyclic amines) is 1. The molecule has 0 saturated carbocycles. The molecule has 2 atom stereocenters. The zero-order valence-electron chi connectivity index (χ0n) is 10.9. The smallest absolute Gasteiger partial charge is 0.323 e. The van der Waals surface area contributed by atoms with Gasteiger partial charge in [0.25, 0.3) is 0 Å². The Morgan fingerprint density at radius 3 is 3.00 bits per heavy atom. The maximum absolute atomic E-state index is 11.2. The van der Waals surface area contributed by atoms with Crippen LogP contribution in [0.5, 0.6) is 0 Å². The lowest BCUT2D eigenvalue weighted by molar-refractivity contribution is -0.142. The number of esters is 1. The number of hydrogen-bond donors (Lipinski definition) is 1. The van der Waals surface area contributed by atoms with E-state index in [1.807, 2.05) is 0 Å². The first kappa shape index (κ1) is 14.4. The molecule has 1 rings (SSSR count). The zero-order chi connectivity index (χ0) is 12.7. The van der Waals surface area contributed by atoms with E-state index >= 15 is 0 Å². The van der Waals surface area contributed by atoms with Crippen LogP contribution < -0.4 is 5.73 Å². The van der Waals surface area contributed by atoms with E-state index in [0.717, 1.165) is 39.0 Å². The summed E-state index contributed by atoms with van der Waals surface area (Å²) in [5, 5.41) is 0. The molecule has 1 heterocycles. The predicted octanol–water partition coefficient (Wildman–Crippen LogP) is 0.378. The summed E-state index contributed by atoms with van der Waals surface area (Å²) in [5.74, 6) is -0.346. The van der Waals surface area contributed by atoms with Gasteiger partial charge in [-0.25, -0.2) is 0 Å². The number of methoxy groups -OCH3 is 1. The normalized spacial score (nSPS) is 23.4. The maximum Gasteiger partial charge on any atom is 0.323 e. The third-order valence-electron chi connectivity index (χ3n) is 2.98. The van der Waals surface area contributed by atoms with Crippen molar-refractivity contribution in [1.29, 1.82) is 0 Å². The van der Waals surface area contributed by atoms with Crippen molar-refractivity contribution in [1.82, 2.24) is 4.90 Å². The van der Waals surface area contributed by atoms with Gasteiger partial charge >= 0.3 is 5.97 Å². The maximum atomic E-state index is 11.2. The van der Waals surface area contributed by atoms with Crippen molar-refractivity contribution >= 4 is 5.97 Å². The average molecular weight is 244 g/mol. The standard InChI is InChI=1S/C12H24N2O3/c1-3-7-17-10-5-4-6-14(8-10)9-11(13)12(15)16-2/h10-11H,3-9,13H2,1-2H3. The van der Waals surface area contributed by atoms with Gasteiger partial charge in [-0.1, -0.05) is 6.92 Å². The van der Waals surface area contributed by atoms with Crippen LogP contribution in [0.2, 0.25) is 0 Å². The van der Waals surface area contributed by atoms with Crippen LogP contribution in [-0.4, -0.2) is 56.4 Å². The summed E-state index contributed by atoms with van der Waals surface area (Å²) in [5.41, 5.74) is 5.75. The Balaban J connectivity index is 2.31. The number of rotatable bonds is 6. The van der Waals surface area contributed by atoms with Gasteiger partial charge in [-0.2, -0.15) is 0 Å². The van der Waals surface area contributed by atoms with Gasteiger partial charge in [0.05, 0.1) is 13.2 Å². The van der Waals surface area contributed by atoms with E-state index in [4.69, 9.17) is 10.5 Å². The lowest BCUT2D eigenvalue weighted by Crippen LogP contribution is -2.48. The summed E-state index contributed by atoms with van der Waals surface area (Å²) in [6.45, 7) is 5.31. The van der Waals surface area contributed by atoms with Crippen LogP contribution >= 0.6 is 0 Å². The van der Waals surface area contributed by atoms with Gasteiger partial charge < -0.3 is 15.2 Å². The molecule has 0 aromatic heterocycles. The second kappa shape index (κ2) is 7.63. The Kier molecular flexibility index (Phi) is 6.47. The zero-order valence-corrected chi connectivity index (χ0v) is 10.9. The molecule has 5 heteroatoms. The molecule has 0 bridgehead atoms. The van der Waals surface area contributed by atoms with Crippen LogP contribution in [0.1, 0.15) is 26.2 Å². The minimum Gasteiger partial charge on any atom is -0.468 e. The molecule has 2 unspecified atom stereocenters. The van der Waals surface area contributed by atoms with Crippen LogP contribution in [0.15, 0.2) is 0 Å². The fraction of sp³-hybridized carbons (Fsp3) is 0.917. The summed E-state index contributed by atoms with van der Waals surface area (Å²) in [6.07, 6.45) is 3.53. The average Bonchev–Trinajstić information content (AvgIpc) is 2.35. The lowest BCUT2D eigenvalue weighted by Gasteiger charge is -2.33. The van der Waals surface area contributed by atoms with Gasteiger partial charge in [-0.3, -0.25) is 9.69 Å². The summed E-state index contributed by atoms with van der Waals surface area (Å²) in [4.78, 5) is 13.4. The monoisotopic (exact) mass is 244 g/mol. The molecule has 1 saturated heterocycles. The second-order valence-corrected chi connectivity index (χ2v) is 4.52. The minimum atomic E-state index is -0.551. The quantitative estimate of drug-likeness (QED) is 0.684. The molecule has 0 radical (unpaired) electrons. The molecular weight excluding hydrogens is 220 g/mol. The van der Waals surface area contributed by atoms with Gasteiger partial charge in [0.2, 0.25) is 0 Å². The fourth-order valence-corrected chi connectivity index (χ4v) is 2.10. The SMILES string of the molecule is CCCOC1CCCN(CC(N)C(=O)OC)C1. The van der Waals surface area contributed by atoms with Crippen molar-refractivity contribution in [2.24, 2.45) is 5.73 Å². The Morgan fingerprint density at radius 1 is 1.59 bits per heavy atom. The highest BCUT2D eigenvalue weighted by Crippen LogP contribution is 2.13. The van der Waals surface area contributed by atoms with E-state index in [9.17, 15) is 4.79 Å². The Morgan fingerprint density at radius 2 is 2.35 bits per heavy atom. The Hall–Kier alpha value is -0.650. The van der Waals surface area contributed by atoms with Crippen LogP contribution in [0.25, 0.3) is 0 Å². The van der Waals surface area contributed by atoms with Crippen LogP contribution in [-0.2, 0) is 14.3 Å². The van der Waals surface area contributed by atoms with Crippen molar-refractivity contribution in [2.75, 3.05) is 33.4 Å². The fourth-order valence-electron chi connectivity index (χ4n) is 2.10. The number of piperidine rings is 1. The molecule has 0 aromatic carbocycles. The number of carbonyl (C=O) groups excluding carboxylic acids is 1. The summed E-state index contributed by atoms with van der Waals surface area (Å²) in [6, 6.07) is -0.551. The molecule has 1 fully saturated rings. The second-order valence-electron chi connectivity index (χ2n) is 4.52. The first-order valence-electron chi connectivity index (χ1n) is 6.34. The summed E-state index contributed by atoms with van der Waals surface area (Å²) < 4.78 is 10.4. The topological polar surface area (TPSA) is 64.8 Å². The van der Waals surface area contributed by atoms with Gasteiger partial charge in [0.15, 0.2) is 0 Å². The first-order chi connectivity index (χ1) is 8.17. The van der Waals surface area contributed by atoms with E-state index in [2.05, 4.69) is 16.6 Å². The predicted molar refractivity (Wildman–Crippen MR) is 65.7 cm³/mol. The molecule has 1 aliphatic rings. The Bertz CT molecular complexity index is 236. The molecule has 1 aliphatic heterocycles. The van der Waals surface area contributed by atoms with Gasteiger partial charge in [0.1, 0.15) is 6.04 Å². The molecule has 5 nitrogen and oxygen atoms in total.